The highest BCUT2D eigenvalue weighted by atomic mass is 79.9. The molecular formula is C12H11BrN4O. The van der Waals surface area contributed by atoms with Crippen LogP contribution in [0.2, 0.25) is 0 Å². The third kappa shape index (κ3) is 2.98. The molecule has 0 aliphatic heterocycles. The first-order valence-corrected chi connectivity index (χ1v) is 5.98. The second-order valence-corrected chi connectivity index (χ2v) is 4.43. The first-order valence-electron chi connectivity index (χ1n) is 5.18. The van der Waals surface area contributed by atoms with Gasteiger partial charge in [0.1, 0.15) is 0 Å². The molecule has 3 N–H and O–H groups in total. The molecule has 0 saturated heterocycles. The minimum Gasteiger partial charge on any atom is -0.350 e. The van der Waals surface area contributed by atoms with Crippen LogP contribution in [0.5, 0.6) is 0 Å². The zero-order valence-electron chi connectivity index (χ0n) is 9.38. The van der Waals surface area contributed by atoms with Crippen LogP contribution in [-0.2, 0) is 0 Å². The Morgan fingerprint density at radius 1 is 1.39 bits per heavy atom. The molecule has 6 heteroatoms. The van der Waals surface area contributed by atoms with Crippen LogP contribution in [0.1, 0.15) is 5.69 Å². The highest BCUT2D eigenvalue weighted by molar-refractivity contribution is 9.10. The normalized spacial score (nSPS) is 10.7. The number of nitrogens with two attached hydrogens (primary N) is 1. The molecule has 2 aromatic rings. The lowest BCUT2D eigenvalue weighted by molar-refractivity contribution is 0.249. The number of hydrogen-bond acceptors (Lipinski definition) is 2. The summed E-state index contributed by atoms with van der Waals surface area (Å²) in [6.07, 6.45) is 3.44. The van der Waals surface area contributed by atoms with Crippen molar-refractivity contribution < 1.29 is 4.79 Å². The molecule has 0 unspecified atom stereocenters. The molecule has 2 amide bonds. The van der Waals surface area contributed by atoms with Crippen LogP contribution in [-0.4, -0.2) is 16.8 Å². The van der Waals surface area contributed by atoms with Crippen molar-refractivity contribution in [3.63, 3.8) is 0 Å². The van der Waals surface area contributed by atoms with Gasteiger partial charge >= 0.3 is 6.03 Å². The van der Waals surface area contributed by atoms with E-state index in [4.69, 9.17) is 5.73 Å². The molecule has 1 aromatic heterocycles. The van der Waals surface area contributed by atoms with Crippen molar-refractivity contribution in [2.24, 2.45) is 10.8 Å². The van der Waals surface area contributed by atoms with Crippen LogP contribution >= 0.6 is 15.9 Å². The standard InChI is InChI=1S/C12H11BrN4O/c13-9-3-1-4-10(7-9)17-6-2-5-11(17)8-15-16-12(14)18/h1-8H,(H3,14,16,18)/b15-8-. The summed E-state index contributed by atoms with van der Waals surface area (Å²) in [5.74, 6) is 0. The number of amides is 2. The second-order valence-electron chi connectivity index (χ2n) is 3.52. The van der Waals surface area contributed by atoms with E-state index in [1.165, 1.54) is 6.21 Å². The Balaban J connectivity index is 2.27. The number of hydrazone groups is 1. The molecule has 1 heterocycles. The molecule has 2 rings (SSSR count). The molecule has 18 heavy (non-hydrogen) atoms. The van der Waals surface area contributed by atoms with Gasteiger partial charge in [0.25, 0.3) is 0 Å². The Hall–Kier alpha value is -2.08. The minimum atomic E-state index is -0.688. The molecule has 92 valence electrons. The average molecular weight is 307 g/mol. The third-order valence-corrected chi connectivity index (χ3v) is 2.73. The van der Waals surface area contributed by atoms with Crippen molar-refractivity contribution in [2.75, 3.05) is 0 Å². The number of nitrogens with zero attached hydrogens (tertiary/aromatic N) is 2. The van der Waals surface area contributed by atoms with Gasteiger partial charge in [-0.2, -0.15) is 5.10 Å². The summed E-state index contributed by atoms with van der Waals surface area (Å²) >= 11 is 3.42. The van der Waals surface area contributed by atoms with E-state index in [0.717, 1.165) is 15.9 Å². The fourth-order valence-corrected chi connectivity index (χ4v) is 1.91. The van der Waals surface area contributed by atoms with Crippen LogP contribution < -0.4 is 11.2 Å². The van der Waals surface area contributed by atoms with Gasteiger partial charge in [-0.25, -0.2) is 10.2 Å². The van der Waals surface area contributed by atoms with Crippen LogP contribution in [0.3, 0.4) is 0 Å². The fourth-order valence-electron chi connectivity index (χ4n) is 1.52. The van der Waals surface area contributed by atoms with Gasteiger partial charge < -0.3 is 10.3 Å². The van der Waals surface area contributed by atoms with Crippen LogP contribution in [0.15, 0.2) is 52.2 Å². The summed E-state index contributed by atoms with van der Waals surface area (Å²) in [7, 11) is 0. The van der Waals surface area contributed by atoms with Crippen molar-refractivity contribution in [3.8, 4) is 5.69 Å². The number of urea groups is 1. The van der Waals surface area contributed by atoms with Gasteiger partial charge in [0.05, 0.1) is 11.9 Å². The topological polar surface area (TPSA) is 72.4 Å². The van der Waals surface area contributed by atoms with Gasteiger partial charge in [0.2, 0.25) is 0 Å². The summed E-state index contributed by atoms with van der Waals surface area (Å²) in [5.41, 5.74) is 8.91. The number of benzene rings is 1. The van der Waals surface area contributed by atoms with Gasteiger partial charge in [0.15, 0.2) is 0 Å². The van der Waals surface area contributed by atoms with E-state index in [-0.39, 0.29) is 0 Å². The maximum Gasteiger partial charge on any atom is 0.332 e. The minimum absolute atomic E-state index is 0.688. The molecule has 0 atom stereocenters. The highest BCUT2D eigenvalue weighted by Gasteiger charge is 2.01. The molecule has 0 saturated carbocycles. The molecule has 0 aliphatic rings. The summed E-state index contributed by atoms with van der Waals surface area (Å²) in [5, 5.41) is 3.74. The predicted octanol–water partition coefficient (Wildman–Crippen LogP) is 2.24. The monoisotopic (exact) mass is 306 g/mol. The molecule has 0 aliphatic carbocycles. The zero-order valence-corrected chi connectivity index (χ0v) is 11.0. The number of aromatic nitrogens is 1. The lowest BCUT2D eigenvalue weighted by atomic mass is 10.3. The zero-order chi connectivity index (χ0) is 13.0. The first kappa shape index (κ1) is 12.4. The van der Waals surface area contributed by atoms with E-state index in [2.05, 4.69) is 26.5 Å². The number of primary amides is 1. The lowest BCUT2D eigenvalue weighted by Gasteiger charge is -2.06. The molecule has 0 radical (unpaired) electrons. The summed E-state index contributed by atoms with van der Waals surface area (Å²) in [6, 6.07) is 11.0. The Labute approximate surface area is 112 Å². The van der Waals surface area contributed by atoms with E-state index in [9.17, 15) is 4.79 Å². The Bertz CT molecular complexity index is 591. The Morgan fingerprint density at radius 3 is 2.94 bits per heavy atom. The van der Waals surface area contributed by atoms with E-state index in [1.807, 2.05) is 47.2 Å². The number of rotatable bonds is 3. The second kappa shape index (κ2) is 5.50. The quantitative estimate of drug-likeness (QED) is 0.662. The maximum absolute atomic E-state index is 10.5. The number of carbonyl (C=O) groups excluding carboxylic acids is 1. The van der Waals surface area contributed by atoms with Crippen LogP contribution in [0, 0.1) is 0 Å². The molecule has 0 spiro atoms. The average Bonchev–Trinajstić information content (AvgIpc) is 2.77. The molecule has 5 nitrogen and oxygen atoms in total. The van der Waals surface area contributed by atoms with Gasteiger partial charge in [0, 0.05) is 16.4 Å². The van der Waals surface area contributed by atoms with Gasteiger partial charge in [-0.15, -0.1) is 0 Å². The van der Waals surface area contributed by atoms with E-state index in [1.54, 1.807) is 0 Å². The smallest absolute Gasteiger partial charge is 0.332 e. The van der Waals surface area contributed by atoms with Gasteiger partial charge in [-0.3, -0.25) is 0 Å². The van der Waals surface area contributed by atoms with E-state index < -0.39 is 6.03 Å². The predicted molar refractivity (Wildman–Crippen MR) is 73.8 cm³/mol. The third-order valence-electron chi connectivity index (χ3n) is 2.24. The van der Waals surface area contributed by atoms with Crippen molar-refractivity contribution in [1.82, 2.24) is 9.99 Å². The first-order chi connectivity index (χ1) is 8.66. The van der Waals surface area contributed by atoms with Crippen LogP contribution in [0.25, 0.3) is 5.69 Å². The van der Waals surface area contributed by atoms with Crippen molar-refractivity contribution in [1.29, 1.82) is 0 Å². The van der Waals surface area contributed by atoms with Crippen molar-refractivity contribution >= 4 is 28.2 Å². The van der Waals surface area contributed by atoms with Crippen molar-refractivity contribution in [3.05, 3.63) is 52.8 Å². The number of halogens is 1. The summed E-state index contributed by atoms with van der Waals surface area (Å²) in [4.78, 5) is 10.5. The Morgan fingerprint density at radius 2 is 2.22 bits per heavy atom. The largest absolute Gasteiger partial charge is 0.350 e. The number of nitrogens with one attached hydrogen (secondary N) is 1. The Kier molecular flexibility index (Phi) is 3.78. The SMILES string of the molecule is NC(=O)N/N=C\c1cccn1-c1cccc(Br)c1. The molecule has 0 fully saturated rings. The molecular weight excluding hydrogens is 296 g/mol. The van der Waals surface area contributed by atoms with Crippen LogP contribution in [0.4, 0.5) is 4.79 Å². The van der Waals surface area contributed by atoms with E-state index >= 15 is 0 Å². The lowest BCUT2D eigenvalue weighted by Crippen LogP contribution is -2.24. The fraction of sp³-hybridized carbons (Fsp3) is 0. The van der Waals surface area contributed by atoms with Gasteiger partial charge in [-0.1, -0.05) is 22.0 Å². The number of hydrogen-bond donors (Lipinski definition) is 2. The summed E-state index contributed by atoms with van der Waals surface area (Å²) in [6.45, 7) is 0. The maximum atomic E-state index is 10.5. The van der Waals surface area contributed by atoms with Crippen molar-refractivity contribution in [2.45, 2.75) is 0 Å². The molecule has 1 aromatic carbocycles. The summed E-state index contributed by atoms with van der Waals surface area (Å²) < 4.78 is 2.93. The number of carbonyl (C=O) groups is 1. The molecule has 0 bridgehead atoms. The van der Waals surface area contributed by atoms with Gasteiger partial charge in [-0.05, 0) is 30.3 Å². The highest BCUT2D eigenvalue weighted by Crippen LogP contribution is 2.17. The van der Waals surface area contributed by atoms with E-state index in [0.29, 0.717) is 0 Å².